The third-order valence-corrected chi connectivity index (χ3v) is 5.00. The first-order valence-corrected chi connectivity index (χ1v) is 9.98. The maximum Gasteiger partial charge on any atom is 0.293 e. The normalized spacial score (nSPS) is 23.1. The van der Waals surface area contributed by atoms with Gasteiger partial charge in [-0.1, -0.05) is 0 Å². The number of nitro benzene ring substituents is 1. The molecular formula is C16H24N4O7S. The summed E-state index contributed by atoms with van der Waals surface area (Å²) >= 11 is 0. The molecule has 3 N–H and O–H groups in total. The molecule has 0 amide bonds. The molecule has 156 valence electrons. The van der Waals surface area contributed by atoms with Crippen LogP contribution in [0, 0.1) is 10.1 Å². The Hall–Kier alpha value is -2.28. The van der Waals surface area contributed by atoms with Crippen molar-refractivity contribution in [2.75, 3.05) is 31.6 Å². The molecular weight excluding hydrogens is 392 g/mol. The van der Waals surface area contributed by atoms with Crippen molar-refractivity contribution in [2.24, 2.45) is 5.14 Å². The number of nitrogens with two attached hydrogens (primary N) is 1. The molecule has 2 saturated heterocycles. The van der Waals surface area contributed by atoms with Gasteiger partial charge in [-0.05, 0) is 32.9 Å². The quantitative estimate of drug-likeness (QED) is 0.294. The third kappa shape index (κ3) is 5.61. The van der Waals surface area contributed by atoms with Gasteiger partial charge in [0.1, 0.15) is 11.3 Å². The molecule has 12 heteroatoms. The van der Waals surface area contributed by atoms with E-state index in [0.29, 0.717) is 19.6 Å². The molecule has 0 bridgehead atoms. The number of anilines is 1. The number of ether oxygens (including phenoxy) is 2. The maximum atomic E-state index is 11.3. The molecule has 0 aliphatic carbocycles. The number of benzene rings is 1. The van der Waals surface area contributed by atoms with E-state index >= 15 is 0 Å². The molecule has 28 heavy (non-hydrogen) atoms. The molecule has 0 aromatic heterocycles. The fourth-order valence-corrected chi connectivity index (χ4v) is 3.15. The Labute approximate surface area is 163 Å². The van der Waals surface area contributed by atoms with Crippen LogP contribution in [0.5, 0.6) is 0 Å². The monoisotopic (exact) mass is 416 g/mol. The number of fused-ring (bicyclic) bond motifs is 1. The zero-order valence-corrected chi connectivity index (χ0v) is 16.7. The summed E-state index contributed by atoms with van der Waals surface area (Å²) in [6.45, 7) is 8.62. The van der Waals surface area contributed by atoms with Crippen molar-refractivity contribution in [3.05, 3.63) is 28.3 Å². The highest BCUT2D eigenvalue weighted by Gasteiger charge is 2.56. The van der Waals surface area contributed by atoms with Gasteiger partial charge in [0.15, 0.2) is 5.72 Å². The van der Waals surface area contributed by atoms with Crippen molar-refractivity contribution in [1.82, 2.24) is 4.90 Å². The van der Waals surface area contributed by atoms with Crippen molar-refractivity contribution in [3.63, 3.8) is 0 Å². The lowest BCUT2D eigenvalue weighted by Gasteiger charge is -2.14. The van der Waals surface area contributed by atoms with Gasteiger partial charge in [-0.2, -0.15) is 0 Å². The minimum absolute atomic E-state index is 0.240. The average Bonchev–Trinajstić information content (AvgIpc) is 3.11. The van der Waals surface area contributed by atoms with Crippen LogP contribution < -0.4 is 10.5 Å². The fourth-order valence-electron chi connectivity index (χ4n) is 2.61. The van der Waals surface area contributed by atoms with E-state index < -0.39 is 14.9 Å². The van der Waals surface area contributed by atoms with Crippen molar-refractivity contribution in [3.8, 4) is 0 Å². The minimum atomic E-state index is -3.98. The summed E-state index contributed by atoms with van der Waals surface area (Å²) in [6, 6.07) is 3.54. The van der Waals surface area contributed by atoms with Gasteiger partial charge in [-0.15, -0.1) is 0 Å². The fraction of sp³-hybridized carbons (Fsp3) is 0.562. The summed E-state index contributed by atoms with van der Waals surface area (Å²) in [6.07, 6.45) is 0. The van der Waals surface area contributed by atoms with Crippen LogP contribution in [-0.2, 0) is 24.3 Å². The van der Waals surface area contributed by atoms with E-state index in [2.05, 4.69) is 15.0 Å². The summed E-state index contributed by atoms with van der Waals surface area (Å²) in [4.78, 5) is 21.9. The zero-order valence-electron chi connectivity index (χ0n) is 15.9. The smallest absolute Gasteiger partial charge is 0.293 e. The number of morpholine rings is 1. The lowest BCUT2D eigenvalue weighted by atomic mass is 10.2. The van der Waals surface area contributed by atoms with Crippen LogP contribution in [0.4, 0.5) is 11.4 Å². The number of nitrogens with zero attached hydrogens (tertiary/aromatic N) is 2. The second-order valence-corrected chi connectivity index (χ2v) is 8.94. The summed E-state index contributed by atoms with van der Waals surface area (Å²) in [5.74, 6) is 0. The van der Waals surface area contributed by atoms with Crippen LogP contribution in [0.1, 0.15) is 20.8 Å². The van der Waals surface area contributed by atoms with Gasteiger partial charge in [0.25, 0.3) is 12.2 Å². The largest absolute Gasteiger partial charge is 0.462 e. The molecule has 2 aliphatic rings. The summed E-state index contributed by atoms with van der Waals surface area (Å²) < 4.78 is 32.6. The lowest BCUT2D eigenvalue weighted by Crippen LogP contribution is -2.26. The van der Waals surface area contributed by atoms with Gasteiger partial charge in [0, 0.05) is 19.2 Å². The second-order valence-electron chi connectivity index (χ2n) is 7.38. The molecule has 2 aliphatic heterocycles. The average molecular weight is 416 g/mol. The zero-order chi connectivity index (χ0) is 21.2. The van der Waals surface area contributed by atoms with E-state index in [1.165, 1.54) is 12.1 Å². The first-order valence-electron chi connectivity index (χ1n) is 8.43. The van der Waals surface area contributed by atoms with Gasteiger partial charge < -0.3 is 14.8 Å². The first kappa shape index (κ1) is 22.0. The number of hydrogen-bond donors (Lipinski definition) is 2. The maximum absolute atomic E-state index is 11.3. The standard InChI is InChI=1S/C11H14N4O5S.C5H10O2/c12-21(18,19)8-1-2-9(10(5-8)15(16)17)13-6-11-7-14(11)3-4-20-11;1-5(2,3)7-4-6/h1-2,5,13H,3-4,6-7H2,(H2,12,18,19);4H,1-3H3. The van der Waals surface area contributed by atoms with E-state index in [1.807, 2.05) is 20.8 Å². The van der Waals surface area contributed by atoms with Crippen LogP contribution in [-0.4, -0.2) is 62.3 Å². The number of nitrogens with one attached hydrogen (secondary N) is 1. The van der Waals surface area contributed by atoms with Gasteiger partial charge in [-0.3, -0.25) is 19.8 Å². The molecule has 0 spiro atoms. The van der Waals surface area contributed by atoms with Crippen LogP contribution in [0.25, 0.3) is 0 Å². The van der Waals surface area contributed by atoms with Crippen LogP contribution in [0.2, 0.25) is 0 Å². The molecule has 1 aromatic carbocycles. The Morgan fingerprint density at radius 2 is 2.14 bits per heavy atom. The highest BCUT2D eigenvalue weighted by molar-refractivity contribution is 7.89. The molecule has 2 atom stereocenters. The first-order chi connectivity index (χ1) is 12.9. The Morgan fingerprint density at radius 3 is 2.54 bits per heavy atom. The van der Waals surface area contributed by atoms with E-state index in [1.54, 1.807) is 0 Å². The Kier molecular flexibility index (Phi) is 6.28. The van der Waals surface area contributed by atoms with Gasteiger partial charge in [0.05, 0.1) is 23.0 Å². The van der Waals surface area contributed by atoms with Gasteiger partial charge in [-0.25, -0.2) is 13.6 Å². The number of sulfonamides is 1. The topological polar surface area (TPSA) is 154 Å². The molecule has 0 saturated carbocycles. The SMILES string of the molecule is CC(C)(C)OC=O.NS(=O)(=O)c1ccc(NCC23CN2CCO3)c([N+](=O)[O-])c1. The van der Waals surface area contributed by atoms with Crippen molar-refractivity contribution in [1.29, 1.82) is 0 Å². The molecule has 2 fully saturated rings. The van der Waals surface area contributed by atoms with Gasteiger partial charge in [0.2, 0.25) is 10.0 Å². The second kappa shape index (κ2) is 7.99. The van der Waals surface area contributed by atoms with Crippen LogP contribution in [0.3, 0.4) is 0 Å². The third-order valence-electron chi connectivity index (χ3n) is 4.09. The summed E-state index contributed by atoms with van der Waals surface area (Å²) in [7, 11) is -3.98. The highest BCUT2D eigenvalue weighted by Crippen LogP contribution is 2.38. The molecule has 1 aromatic rings. The number of rotatable bonds is 6. The molecule has 2 unspecified atom stereocenters. The van der Waals surface area contributed by atoms with Crippen LogP contribution in [0.15, 0.2) is 23.1 Å². The Balaban J connectivity index is 0.000000345. The van der Waals surface area contributed by atoms with Crippen molar-refractivity contribution in [2.45, 2.75) is 37.0 Å². The molecule has 3 rings (SSSR count). The molecule has 11 nitrogen and oxygen atoms in total. The van der Waals surface area contributed by atoms with Crippen molar-refractivity contribution >= 4 is 27.9 Å². The lowest BCUT2D eigenvalue weighted by molar-refractivity contribution is -0.384. The summed E-state index contributed by atoms with van der Waals surface area (Å²) in [5.41, 5.74) is -0.777. The van der Waals surface area contributed by atoms with Gasteiger partial charge >= 0.3 is 0 Å². The minimum Gasteiger partial charge on any atom is -0.462 e. The van der Waals surface area contributed by atoms with E-state index in [0.717, 1.165) is 19.2 Å². The Morgan fingerprint density at radius 1 is 1.46 bits per heavy atom. The van der Waals surface area contributed by atoms with E-state index in [-0.39, 0.29) is 27.6 Å². The van der Waals surface area contributed by atoms with E-state index in [9.17, 15) is 23.3 Å². The predicted octanol–water partition coefficient (Wildman–Crippen LogP) is 0.654. The molecule has 0 radical (unpaired) electrons. The highest BCUT2D eigenvalue weighted by atomic mass is 32.2. The number of carbonyl (C=O) groups excluding carboxylic acids is 1. The Bertz CT molecular complexity index is 853. The number of primary sulfonamides is 1. The summed E-state index contributed by atoms with van der Waals surface area (Å²) in [5, 5.41) is 19.0. The molecule has 2 heterocycles. The van der Waals surface area contributed by atoms with Crippen LogP contribution >= 0.6 is 0 Å². The van der Waals surface area contributed by atoms with Crippen molar-refractivity contribution < 1.29 is 27.6 Å². The number of carbonyl (C=O) groups is 1. The van der Waals surface area contributed by atoms with E-state index in [4.69, 9.17) is 9.88 Å². The predicted molar refractivity (Wildman–Crippen MR) is 100 cm³/mol. The number of nitro groups is 1. The number of hydrogen-bond acceptors (Lipinski definition) is 9.